The first-order chi connectivity index (χ1) is 12.2. The predicted octanol–water partition coefficient (Wildman–Crippen LogP) is 1.30. The third kappa shape index (κ3) is 3.01. The molecule has 0 unspecified atom stereocenters. The number of aromatic nitrogens is 4. The van der Waals surface area contributed by atoms with Crippen LogP contribution in [0.1, 0.15) is 49.7 Å². The Balaban J connectivity index is 1.73. The first kappa shape index (κ1) is 16.4. The average molecular weight is 345 g/mol. The van der Waals surface area contributed by atoms with Gasteiger partial charge in [0.15, 0.2) is 17.3 Å². The van der Waals surface area contributed by atoms with Gasteiger partial charge in [-0.25, -0.2) is 14.5 Å². The summed E-state index contributed by atoms with van der Waals surface area (Å²) in [5, 5.41) is 27.5. The lowest BCUT2D eigenvalue weighted by atomic mass is 10.1. The zero-order valence-electron chi connectivity index (χ0n) is 14.0. The first-order valence-corrected chi connectivity index (χ1v) is 8.78. The molecule has 25 heavy (non-hydrogen) atoms. The Morgan fingerprint density at radius 3 is 2.88 bits per heavy atom. The van der Waals surface area contributed by atoms with E-state index >= 15 is 0 Å². The summed E-state index contributed by atoms with van der Waals surface area (Å²) in [7, 11) is 0. The van der Waals surface area contributed by atoms with Crippen molar-refractivity contribution in [3.63, 3.8) is 0 Å². The van der Waals surface area contributed by atoms with E-state index in [0.717, 1.165) is 12.8 Å². The number of nitrogens with one attached hydrogen (secondary N) is 1. The summed E-state index contributed by atoms with van der Waals surface area (Å²) >= 11 is 0. The molecule has 0 bridgehead atoms. The van der Waals surface area contributed by atoms with Gasteiger partial charge in [0.05, 0.1) is 30.7 Å². The lowest BCUT2D eigenvalue weighted by Gasteiger charge is -2.16. The molecule has 0 amide bonds. The smallest absolute Gasteiger partial charge is 0.197 e. The molecule has 1 saturated carbocycles. The maximum Gasteiger partial charge on any atom is 0.197 e. The van der Waals surface area contributed by atoms with E-state index < -0.39 is 12.2 Å². The normalized spacial score (nSPS) is 27.2. The minimum absolute atomic E-state index is 0.119. The molecule has 1 aliphatic carbocycles. The summed E-state index contributed by atoms with van der Waals surface area (Å²) in [6.45, 7) is 3.64. The molecule has 0 spiro atoms. The van der Waals surface area contributed by atoms with Crippen molar-refractivity contribution < 1.29 is 14.9 Å². The molecule has 3 heterocycles. The highest BCUT2D eigenvalue weighted by Gasteiger charge is 2.37. The fourth-order valence-corrected chi connectivity index (χ4v) is 3.69. The topological polar surface area (TPSA) is 105 Å². The van der Waals surface area contributed by atoms with E-state index in [-0.39, 0.29) is 12.7 Å². The first-order valence-electron chi connectivity index (χ1n) is 8.78. The number of hydrogen-bond donors (Lipinski definition) is 3. The molecule has 8 heteroatoms. The van der Waals surface area contributed by atoms with Gasteiger partial charge in [-0.15, -0.1) is 5.10 Å². The van der Waals surface area contributed by atoms with Gasteiger partial charge in [0.2, 0.25) is 0 Å². The number of imidazole rings is 1. The molecular formula is C17H23N5O3. The predicted molar refractivity (Wildman–Crippen MR) is 92.1 cm³/mol. The fourth-order valence-electron chi connectivity index (χ4n) is 3.69. The summed E-state index contributed by atoms with van der Waals surface area (Å²) in [6, 6.07) is 0.392. The summed E-state index contributed by atoms with van der Waals surface area (Å²) in [6.07, 6.45) is 6.67. The minimum Gasteiger partial charge on any atom is -0.394 e. The van der Waals surface area contributed by atoms with Gasteiger partial charge in [-0.05, 0) is 18.9 Å². The van der Waals surface area contributed by atoms with Crippen LogP contribution in [0.5, 0.6) is 0 Å². The van der Waals surface area contributed by atoms with Crippen molar-refractivity contribution in [1.82, 2.24) is 19.6 Å². The van der Waals surface area contributed by atoms with Gasteiger partial charge in [0.25, 0.3) is 0 Å². The van der Waals surface area contributed by atoms with Crippen LogP contribution in [0.4, 0.5) is 5.82 Å². The highest BCUT2D eigenvalue weighted by molar-refractivity contribution is 5.64. The molecule has 3 N–H and O–H groups in total. The SMILES string of the molecule is C=Cc1nc(NC2CCCC2)c2ncc([C@@H]3O[C@H](CO)C[C@H]3O)n2n1. The Labute approximate surface area is 145 Å². The lowest BCUT2D eigenvalue weighted by Crippen LogP contribution is -2.19. The molecule has 2 aliphatic rings. The summed E-state index contributed by atoms with van der Waals surface area (Å²) < 4.78 is 7.42. The molecule has 0 radical (unpaired) electrons. The van der Waals surface area contributed by atoms with E-state index in [1.807, 2.05) is 0 Å². The van der Waals surface area contributed by atoms with Gasteiger partial charge >= 0.3 is 0 Å². The van der Waals surface area contributed by atoms with Crippen LogP contribution in [0.25, 0.3) is 11.7 Å². The number of fused-ring (bicyclic) bond motifs is 1. The Hall–Kier alpha value is -2.03. The number of aliphatic hydroxyl groups is 2. The standard InChI is InChI=1S/C17H23N5O3/c1-2-14-20-16(19-10-5-3-4-6-10)17-18-8-12(22(17)21-14)15-13(24)7-11(9-23)25-15/h2,8,10-11,13,15,23-24H,1,3-7,9H2,(H,19,20,21)/t11-,13+,15-/m0/s1. The molecule has 1 aliphatic heterocycles. The van der Waals surface area contributed by atoms with Crippen molar-refractivity contribution in [3.8, 4) is 0 Å². The maximum atomic E-state index is 10.3. The summed E-state index contributed by atoms with van der Waals surface area (Å²) in [5.41, 5.74) is 1.26. The van der Waals surface area contributed by atoms with Crippen LogP contribution < -0.4 is 5.32 Å². The van der Waals surface area contributed by atoms with Crippen LogP contribution in [-0.2, 0) is 4.74 Å². The lowest BCUT2D eigenvalue weighted by molar-refractivity contribution is -0.0137. The number of ether oxygens (including phenoxy) is 1. The van der Waals surface area contributed by atoms with Crippen molar-refractivity contribution in [2.75, 3.05) is 11.9 Å². The molecular weight excluding hydrogens is 322 g/mol. The van der Waals surface area contributed by atoms with E-state index in [9.17, 15) is 10.2 Å². The monoisotopic (exact) mass is 345 g/mol. The van der Waals surface area contributed by atoms with Crippen LogP contribution in [-0.4, -0.2) is 54.7 Å². The third-order valence-electron chi connectivity index (χ3n) is 4.97. The summed E-state index contributed by atoms with van der Waals surface area (Å²) in [5.74, 6) is 1.16. The Morgan fingerprint density at radius 2 is 2.20 bits per heavy atom. The molecule has 0 aromatic carbocycles. The molecule has 8 nitrogen and oxygen atoms in total. The number of anilines is 1. The van der Waals surface area contributed by atoms with Gasteiger partial charge in [-0.2, -0.15) is 0 Å². The third-order valence-corrected chi connectivity index (χ3v) is 4.97. The Kier molecular flexibility index (Phi) is 4.41. The highest BCUT2D eigenvalue weighted by atomic mass is 16.5. The van der Waals surface area contributed by atoms with E-state index in [4.69, 9.17) is 4.74 Å². The Bertz CT molecular complexity index is 771. The van der Waals surface area contributed by atoms with E-state index in [2.05, 4.69) is 27.0 Å². The van der Waals surface area contributed by atoms with Crippen LogP contribution in [0.3, 0.4) is 0 Å². The molecule has 2 aromatic heterocycles. The molecule has 1 saturated heterocycles. The van der Waals surface area contributed by atoms with Gasteiger partial charge < -0.3 is 20.3 Å². The van der Waals surface area contributed by atoms with Gasteiger partial charge in [0, 0.05) is 12.5 Å². The van der Waals surface area contributed by atoms with E-state index in [1.54, 1.807) is 16.8 Å². The maximum absolute atomic E-state index is 10.3. The number of nitrogens with zero attached hydrogens (tertiary/aromatic N) is 4. The van der Waals surface area contributed by atoms with Crippen molar-refractivity contribution in [1.29, 1.82) is 0 Å². The van der Waals surface area contributed by atoms with Gasteiger partial charge in [0.1, 0.15) is 6.10 Å². The highest BCUT2D eigenvalue weighted by Crippen LogP contribution is 2.34. The quantitative estimate of drug-likeness (QED) is 0.750. The molecule has 4 rings (SSSR count). The van der Waals surface area contributed by atoms with Gasteiger partial charge in [-0.3, -0.25) is 0 Å². The molecule has 2 aromatic rings. The molecule has 3 atom stereocenters. The summed E-state index contributed by atoms with van der Waals surface area (Å²) in [4.78, 5) is 8.96. The molecule has 134 valence electrons. The second-order valence-electron chi connectivity index (χ2n) is 6.73. The Morgan fingerprint density at radius 1 is 1.40 bits per heavy atom. The average Bonchev–Trinajstić information content (AvgIpc) is 3.34. The van der Waals surface area contributed by atoms with Crippen LogP contribution >= 0.6 is 0 Å². The van der Waals surface area contributed by atoms with E-state index in [1.165, 1.54) is 12.8 Å². The molecule has 2 fully saturated rings. The van der Waals surface area contributed by atoms with Crippen LogP contribution in [0, 0.1) is 0 Å². The number of hydrogen-bond acceptors (Lipinski definition) is 7. The minimum atomic E-state index is -0.703. The van der Waals surface area contributed by atoms with E-state index in [0.29, 0.717) is 35.4 Å². The second-order valence-corrected chi connectivity index (χ2v) is 6.73. The largest absolute Gasteiger partial charge is 0.394 e. The second kappa shape index (κ2) is 6.70. The zero-order chi connectivity index (χ0) is 17.4. The fraction of sp³-hybridized carbons (Fsp3) is 0.588. The van der Waals surface area contributed by atoms with Crippen LogP contribution in [0.15, 0.2) is 12.8 Å². The van der Waals surface area contributed by atoms with Crippen molar-refractivity contribution in [2.45, 2.75) is 56.5 Å². The van der Waals surface area contributed by atoms with Crippen molar-refractivity contribution in [2.24, 2.45) is 0 Å². The number of rotatable bonds is 5. The number of aliphatic hydroxyl groups excluding tert-OH is 2. The van der Waals surface area contributed by atoms with Crippen molar-refractivity contribution in [3.05, 3.63) is 24.3 Å². The van der Waals surface area contributed by atoms with Crippen LogP contribution in [0.2, 0.25) is 0 Å². The zero-order valence-corrected chi connectivity index (χ0v) is 14.0. The van der Waals surface area contributed by atoms with Crippen molar-refractivity contribution >= 4 is 17.5 Å². The van der Waals surface area contributed by atoms with Gasteiger partial charge in [-0.1, -0.05) is 19.4 Å².